The molecule has 0 aliphatic rings. The Hall–Kier alpha value is -2.74. The first kappa shape index (κ1) is 19.6. The van der Waals surface area contributed by atoms with Crippen molar-refractivity contribution < 1.29 is 24.2 Å². The Balaban J connectivity index is 2.75. The second kappa shape index (κ2) is 8.09. The highest BCUT2D eigenvalue weighted by molar-refractivity contribution is 5.94. The van der Waals surface area contributed by atoms with Crippen LogP contribution in [-0.2, 0) is 27.3 Å². The zero-order valence-corrected chi connectivity index (χ0v) is 15.5. The van der Waals surface area contributed by atoms with Crippen molar-refractivity contribution in [2.45, 2.75) is 39.7 Å². The lowest BCUT2D eigenvalue weighted by molar-refractivity contribution is -0.136. The molecule has 2 rings (SSSR count). The average molecular weight is 361 g/mol. The van der Waals surface area contributed by atoms with Crippen molar-refractivity contribution in [1.29, 1.82) is 0 Å². The van der Waals surface area contributed by atoms with E-state index in [1.54, 1.807) is 13.2 Å². The number of hydrogen-bond acceptors (Lipinski definition) is 6. The number of esters is 1. The van der Waals surface area contributed by atoms with E-state index in [1.165, 1.54) is 7.11 Å². The van der Waals surface area contributed by atoms with E-state index in [1.807, 2.05) is 20.8 Å². The van der Waals surface area contributed by atoms with Crippen LogP contribution in [0.2, 0.25) is 0 Å². The van der Waals surface area contributed by atoms with Crippen LogP contribution < -0.4 is 0 Å². The van der Waals surface area contributed by atoms with Crippen molar-refractivity contribution in [3.8, 4) is 11.4 Å². The number of benzene rings is 1. The minimum atomic E-state index is -0.974. The molecule has 0 saturated carbocycles. The number of H-pyrrole nitrogens is 1. The van der Waals surface area contributed by atoms with E-state index in [4.69, 9.17) is 9.47 Å². The van der Waals surface area contributed by atoms with Gasteiger partial charge in [-0.15, -0.1) is 0 Å². The summed E-state index contributed by atoms with van der Waals surface area (Å²) >= 11 is 0. The molecule has 0 saturated heterocycles. The number of aliphatic carboxylic acids is 1. The molecular formula is C18H23N3O5. The molecule has 8 heteroatoms. The minimum absolute atomic E-state index is 0.0533. The van der Waals surface area contributed by atoms with E-state index >= 15 is 0 Å². The fourth-order valence-electron chi connectivity index (χ4n) is 3.02. The number of ether oxygens (including phenoxy) is 2. The van der Waals surface area contributed by atoms with E-state index in [0.29, 0.717) is 33.9 Å². The molecule has 0 radical (unpaired) electrons. The van der Waals surface area contributed by atoms with Crippen LogP contribution in [0.5, 0.6) is 0 Å². The topological polar surface area (TPSA) is 114 Å². The number of carbonyl (C=O) groups is 2. The monoisotopic (exact) mass is 361 g/mol. The van der Waals surface area contributed by atoms with Crippen molar-refractivity contribution in [1.82, 2.24) is 15.2 Å². The SMILES string of the molecule is COCc1nc(-c2cc(C(=O)OC)c(C(C)C)c(CC(=O)O)c2C)n[nH]1. The third kappa shape index (κ3) is 3.91. The number of carboxylic acid groups (broad SMARTS) is 1. The molecule has 1 aromatic heterocycles. The first-order valence-corrected chi connectivity index (χ1v) is 8.17. The van der Waals surface area contributed by atoms with Crippen LogP contribution in [0.15, 0.2) is 6.07 Å². The molecule has 0 unspecified atom stereocenters. The van der Waals surface area contributed by atoms with Gasteiger partial charge in [-0.25, -0.2) is 9.78 Å². The molecule has 2 aromatic rings. The molecule has 2 N–H and O–H groups in total. The summed E-state index contributed by atoms with van der Waals surface area (Å²) in [6.07, 6.45) is -0.202. The molecule has 140 valence electrons. The zero-order valence-electron chi connectivity index (χ0n) is 15.5. The lowest BCUT2D eigenvalue weighted by Crippen LogP contribution is -2.15. The molecule has 0 aliphatic heterocycles. The van der Waals surface area contributed by atoms with Gasteiger partial charge in [-0.3, -0.25) is 9.89 Å². The predicted molar refractivity (Wildman–Crippen MR) is 94.0 cm³/mol. The van der Waals surface area contributed by atoms with Crippen LogP contribution in [0.4, 0.5) is 0 Å². The number of aromatic amines is 1. The molecule has 8 nitrogen and oxygen atoms in total. The van der Waals surface area contributed by atoms with Crippen molar-refractivity contribution in [3.63, 3.8) is 0 Å². The predicted octanol–water partition coefficient (Wildman–Crippen LogP) is 2.46. The van der Waals surface area contributed by atoms with Gasteiger partial charge in [0.25, 0.3) is 0 Å². The number of rotatable bonds is 7. The third-order valence-electron chi connectivity index (χ3n) is 4.12. The largest absolute Gasteiger partial charge is 0.481 e. The number of aromatic nitrogens is 3. The molecule has 26 heavy (non-hydrogen) atoms. The smallest absolute Gasteiger partial charge is 0.338 e. The Morgan fingerprint density at radius 3 is 2.54 bits per heavy atom. The number of methoxy groups -OCH3 is 2. The maximum Gasteiger partial charge on any atom is 0.338 e. The van der Waals surface area contributed by atoms with E-state index < -0.39 is 11.9 Å². The Bertz CT molecular complexity index is 826. The molecule has 0 spiro atoms. The number of nitrogens with one attached hydrogen (secondary N) is 1. The van der Waals surface area contributed by atoms with E-state index in [-0.39, 0.29) is 18.9 Å². The highest BCUT2D eigenvalue weighted by Gasteiger charge is 2.25. The van der Waals surface area contributed by atoms with Crippen molar-refractivity contribution in [2.24, 2.45) is 0 Å². The van der Waals surface area contributed by atoms with Gasteiger partial charge in [0.15, 0.2) is 11.6 Å². The van der Waals surface area contributed by atoms with E-state index in [0.717, 1.165) is 5.56 Å². The molecule has 0 amide bonds. The van der Waals surface area contributed by atoms with Gasteiger partial charge < -0.3 is 14.6 Å². The Labute approximate surface area is 151 Å². The van der Waals surface area contributed by atoms with Gasteiger partial charge in [-0.1, -0.05) is 13.8 Å². The minimum Gasteiger partial charge on any atom is -0.481 e. The standard InChI is InChI=1S/C18H23N3O5/c1-9(2)16-11(7-15(22)23)10(3)12(6-13(16)18(24)26-5)17-19-14(8-25-4)20-21-17/h6,9H,7-8H2,1-5H3,(H,22,23)(H,19,20,21). The van der Waals surface area contributed by atoms with Crippen LogP contribution in [0.1, 0.15) is 52.6 Å². The lowest BCUT2D eigenvalue weighted by Gasteiger charge is -2.20. The summed E-state index contributed by atoms with van der Waals surface area (Å²) < 4.78 is 9.93. The average Bonchev–Trinajstić information content (AvgIpc) is 3.03. The van der Waals surface area contributed by atoms with Gasteiger partial charge in [0.05, 0.1) is 19.1 Å². The Morgan fingerprint density at radius 2 is 2.00 bits per heavy atom. The Kier molecular flexibility index (Phi) is 6.10. The first-order valence-electron chi connectivity index (χ1n) is 8.17. The quantitative estimate of drug-likeness (QED) is 0.728. The van der Waals surface area contributed by atoms with Gasteiger partial charge in [0.2, 0.25) is 0 Å². The zero-order chi connectivity index (χ0) is 19.4. The van der Waals surface area contributed by atoms with Gasteiger partial charge in [0, 0.05) is 12.7 Å². The number of hydrogen-bond donors (Lipinski definition) is 2. The van der Waals surface area contributed by atoms with Gasteiger partial charge in [-0.05, 0) is 35.6 Å². The summed E-state index contributed by atoms with van der Waals surface area (Å²) in [5, 5.41) is 16.3. The van der Waals surface area contributed by atoms with Crippen molar-refractivity contribution in [3.05, 3.63) is 34.1 Å². The lowest BCUT2D eigenvalue weighted by atomic mass is 9.85. The number of carboxylic acids is 1. The molecule has 0 aliphatic carbocycles. The second-order valence-electron chi connectivity index (χ2n) is 6.24. The summed E-state index contributed by atoms with van der Waals surface area (Å²) in [4.78, 5) is 28.1. The fourth-order valence-corrected chi connectivity index (χ4v) is 3.02. The maximum atomic E-state index is 12.3. The van der Waals surface area contributed by atoms with Crippen LogP contribution in [0.3, 0.4) is 0 Å². The first-order chi connectivity index (χ1) is 12.3. The summed E-state index contributed by atoms with van der Waals surface area (Å²) in [6, 6.07) is 1.67. The van der Waals surface area contributed by atoms with Crippen LogP contribution in [0, 0.1) is 6.92 Å². The van der Waals surface area contributed by atoms with Crippen molar-refractivity contribution >= 4 is 11.9 Å². The molecular weight excluding hydrogens is 338 g/mol. The van der Waals surface area contributed by atoms with E-state index in [9.17, 15) is 14.7 Å². The van der Waals surface area contributed by atoms with Crippen LogP contribution >= 0.6 is 0 Å². The molecule has 1 heterocycles. The van der Waals surface area contributed by atoms with Gasteiger partial charge >= 0.3 is 11.9 Å². The molecule has 1 aromatic carbocycles. The van der Waals surface area contributed by atoms with E-state index in [2.05, 4.69) is 15.2 Å². The van der Waals surface area contributed by atoms with Gasteiger partial charge in [0.1, 0.15) is 6.61 Å². The fraction of sp³-hybridized carbons (Fsp3) is 0.444. The summed E-state index contributed by atoms with van der Waals surface area (Å²) in [7, 11) is 2.84. The second-order valence-corrected chi connectivity index (χ2v) is 6.24. The maximum absolute atomic E-state index is 12.3. The Morgan fingerprint density at radius 1 is 1.31 bits per heavy atom. The van der Waals surface area contributed by atoms with Crippen LogP contribution in [-0.4, -0.2) is 46.4 Å². The van der Waals surface area contributed by atoms with Crippen LogP contribution in [0.25, 0.3) is 11.4 Å². The highest BCUT2D eigenvalue weighted by atomic mass is 16.5. The molecule has 0 atom stereocenters. The molecule has 0 fully saturated rings. The van der Waals surface area contributed by atoms with Gasteiger partial charge in [-0.2, -0.15) is 5.10 Å². The third-order valence-corrected chi connectivity index (χ3v) is 4.12. The summed E-state index contributed by atoms with van der Waals surface area (Å²) in [6.45, 7) is 5.90. The number of nitrogens with zero attached hydrogens (tertiary/aromatic N) is 2. The number of carbonyl (C=O) groups excluding carboxylic acids is 1. The molecule has 0 bridgehead atoms. The summed E-state index contributed by atoms with van der Waals surface area (Å²) in [5.74, 6) is -0.634. The summed E-state index contributed by atoms with van der Waals surface area (Å²) in [5.41, 5.74) is 2.91. The highest BCUT2D eigenvalue weighted by Crippen LogP contribution is 2.34. The normalized spacial score (nSPS) is 11.0. The van der Waals surface area contributed by atoms with Crippen molar-refractivity contribution in [2.75, 3.05) is 14.2 Å².